The van der Waals surface area contributed by atoms with Crippen LogP contribution in [0.3, 0.4) is 0 Å². The van der Waals surface area contributed by atoms with Gasteiger partial charge >= 0.3 is 5.97 Å². The first-order valence-corrected chi connectivity index (χ1v) is 7.03. The number of nitrogens with one attached hydrogen (secondary N) is 2. The van der Waals surface area contributed by atoms with Gasteiger partial charge in [-0.1, -0.05) is 23.2 Å². The molecule has 0 saturated carbocycles. The van der Waals surface area contributed by atoms with Gasteiger partial charge in [-0.3, -0.25) is 4.79 Å². The summed E-state index contributed by atoms with van der Waals surface area (Å²) in [4.78, 5) is 25.8. The van der Waals surface area contributed by atoms with Crippen LogP contribution >= 0.6 is 35.0 Å². The summed E-state index contributed by atoms with van der Waals surface area (Å²) in [6.07, 6.45) is 0.404. The van der Waals surface area contributed by atoms with Crippen LogP contribution < -0.4 is 5.32 Å². The number of aromatic nitrogens is 1. The molecule has 0 spiro atoms. The van der Waals surface area contributed by atoms with Crippen molar-refractivity contribution in [1.29, 1.82) is 0 Å². The number of hydrogen-bond acceptors (Lipinski definition) is 3. The van der Waals surface area contributed by atoms with Crippen LogP contribution in [0.15, 0.2) is 6.07 Å². The standard InChI is InChI=1S/C10H10Cl2N2O3S/c11-5-3-6(13-7(5)12)8(15)14-10(9(16)17)1-2-18-4-10/h3,13H,1-2,4H2,(H,14,15)(H,16,17)/t10-/m1/s1. The van der Waals surface area contributed by atoms with E-state index in [9.17, 15) is 14.7 Å². The lowest BCUT2D eigenvalue weighted by atomic mass is 9.99. The third-order valence-corrected chi connectivity index (χ3v) is 4.64. The first-order chi connectivity index (χ1) is 8.44. The predicted molar refractivity (Wildman–Crippen MR) is 70.6 cm³/mol. The Morgan fingerprint density at radius 2 is 2.22 bits per heavy atom. The van der Waals surface area contributed by atoms with Gasteiger partial charge in [0.15, 0.2) is 0 Å². The molecule has 98 valence electrons. The molecular weight excluding hydrogens is 299 g/mol. The van der Waals surface area contributed by atoms with E-state index in [0.717, 1.165) is 0 Å². The van der Waals surface area contributed by atoms with E-state index >= 15 is 0 Å². The number of rotatable bonds is 3. The van der Waals surface area contributed by atoms with Gasteiger partial charge in [-0.25, -0.2) is 4.79 Å². The summed E-state index contributed by atoms with van der Waals surface area (Å²) in [5, 5.41) is 12.2. The van der Waals surface area contributed by atoms with Gasteiger partial charge in [0, 0.05) is 5.75 Å². The van der Waals surface area contributed by atoms with Crippen LogP contribution in [0.25, 0.3) is 0 Å². The van der Waals surface area contributed by atoms with Gasteiger partial charge in [-0.2, -0.15) is 11.8 Å². The van der Waals surface area contributed by atoms with Crippen molar-refractivity contribution in [2.45, 2.75) is 12.0 Å². The molecule has 3 N–H and O–H groups in total. The van der Waals surface area contributed by atoms with E-state index < -0.39 is 17.4 Å². The smallest absolute Gasteiger partial charge is 0.330 e. The summed E-state index contributed by atoms with van der Waals surface area (Å²) >= 11 is 12.9. The molecule has 2 heterocycles. The van der Waals surface area contributed by atoms with Crippen molar-refractivity contribution in [3.8, 4) is 0 Å². The average molecular weight is 309 g/mol. The van der Waals surface area contributed by atoms with Crippen molar-refractivity contribution in [1.82, 2.24) is 10.3 Å². The molecule has 0 radical (unpaired) electrons. The number of aromatic amines is 1. The summed E-state index contributed by atoms with van der Waals surface area (Å²) < 4.78 is 0. The van der Waals surface area contributed by atoms with Crippen molar-refractivity contribution in [2.24, 2.45) is 0 Å². The number of H-pyrrole nitrogens is 1. The molecule has 1 amide bonds. The van der Waals surface area contributed by atoms with Gasteiger partial charge in [0.05, 0.1) is 5.02 Å². The molecule has 0 bridgehead atoms. The second-order valence-corrected chi connectivity index (χ2v) is 5.88. The fourth-order valence-corrected chi connectivity index (χ4v) is 3.34. The predicted octanol–water partition coefficient (Wildman–Crippen LogP) is 2.01. The zero-order valence-electron chi connectivity index (χ0n) is 9.13. The van der Waals surface area contributed by atoms with E-state index in [1.165, 1.54) is 17.8 Å². The third kappa shape index (κ3) is 2.46. The molecule has 5 nitrogen and oxygen atoms in total. The summed E-state index contributed by atoms with van der Waals surface area (Å²) in [6.45, 7) is 0. The third-order valence-electron chi connectivity index (χ3n) is 2.75. The first kappa shape index (κ1) is 13.6. The molecule has 2 rings (SSSR count). The Bertz CT molecular complexity index is 478. The average Bonchev–Trinajstić information content (AvgIpc) is 2.88. The van der Waals surface area contributed by atoms with E-state index in [1.54, 1.807) is 0 Å². The van der Waals surface area contributed by atoms with Crippen molar-refractivity contribution < 1.29 is 14.7 Å². The number of halogens is 2. The molecule has 0 aliphatic carbocycles. The number of thioether (sulfide) groups is 1. The number of carboxylic acid groups (broad SMARTS) is 1. The SMILES string of the molecule is O=C(N[C@]1(C(=O)O)CCSC1)c1cc(Cl)c(Cl)[nH]1. The molecule has 0 unspecified atom stereocenters. The number of carboxylic acids is 1. The van der Waals surface area contributed by atoms with E-state index in [1.807, 2.05) is 0 Å². The van der Waals surface area contributed by atoms with Crippen molar-refractivity contribution >= 4 is 46.8 Å². The Balaban J connectivity index is 2.17. The quantitative estimate of drug-likeness (QED) is 0.798. The first-order valence-electron chi connectivity index (χ1n) is 5.12. The van der Waals surface area contributed by atoms with E-state index in [0.29, 0.717) is 17.9 Å². The van der Waals surface area contributed by atoms with Gasteiger partial charge in [-0.05, 0) is 18.2 Å². The van der Waals surface area contributed by atoms with Crippen LogP contribution in [-0.2, 0) is 4.79 Å². The largest absolute Gasteiger partial charge is 0.479 e. The second-order valence-electron chi connectivity index (χ2n) is 3.99. The van der Waals surface area contributed by atoms with E-state index in [2.05, 4.69) is 10.3 Å². The normalized spacial score (nSPS) is 23.0. The minimum atomic E-state index is -1.20. The molecule has 1 aliphatic rings. The Morgan fingerprint density at radius 3 is 2.67 bits per heavy atom. The van der Waals surface area contributed by atoms with Crippen molar-refractivity contribution in [3.05, 3.63) is 21.9 Å². The Kier molecular flexibility index (Phi) is 3.79. The fourth-order valence-electron chi connectivity index (χ4n) is 1.70. The molecule has 1 saturated heterocycles. The van der Waals surface area contributed by atoms with Crippen LogP contribution in [0.4, 0.5) is 0 Å². The van der Waals surface area contributed by atoms with Gasteiger partial charge in [0.25, 0.3) is 5.91 Å². The zero-order chi connectivity index (χ0) is 13.3. The maximum absolute atomic E-state index is 11.9. The van der Waals surface area contributed by atoms with Crippen LogP contribution in [0.2, 0.25) is 10.2 Å². The maximum atomic E-state index is 11.9. The number of hydrogen-bond donors (Lipinski definition) is 3. The van der Waals surface area contributed by atoms with Gasteiger partial charge in [0.1, 0.15) is 16.4 Å². The lowest BCUT2D eigenvalue weighted by Crippen LogP contribution is -2.54. The molecule has 18 heavy (non-hydrogen) atoms. The van der Waals surface area contributed by atoms with E-state index in [4.69, 9.17) is 23.2 Å². The highest BCUT2D eigenvalue weighted by Crippen LogP contribution is 2.29. The molecule has 1 aromatic rings. The Labute approximate surface area is 117 Å². The Morgan fingerprint density at radius 1 is 1.50 bits per heavy atom. The van der Waals surface area contributed by atoms with Crippen LogP contribution in [0.5, 0.6) is 0 Å². The number of amides is 1. The number of aliphatic carboxylic acids is 1. The highest BCUT2D eigenvalue weighted by molar-refractivity contribution is 7.99. The minimum Gasteiger partial charge on any atom is -0.479 e. The maximum Gasteiger partial charge on any atom is 0.330 e. The number of carbonyl (C=O) groups excluding carboxylic acids is 1. The highest BCUT2D eigenvalue weighted by Gasteiger charge is 2.43. The summed E-state index contributed by atoms with van der Waals surface area (Å²) in [6, 6.07) is 1.37. The monoisotopic (exact) mass is 308 g/mol. The minimum absolute atomic E-state index is 0.155. The molecule has 1 aliphatic heterocycles. The lowest BCUT2D eigenvalue weighted by Gasteiger charge is -2.24. The van der Waals surface area contributed by atoms with Gasteiger partial charge in [0.2, 0.25) is 0 Å². The van der Waals surface area contributed by atoms with Crippen LogP contribution in [0, 0.1) is 0 Å². The van der Waals surface area contributed by atoms with Gasteiger partial charge in [-0.15, -0.1) is 0 Å². The lowest BCUT2D eigenvalue weighted by molar-refractivity contribution is -0.143. The fraction of sp³-hybridized carbons (Fsp3) is 0.400. The highest BCUT2D eigenvalue weighted by atomic mass is 35.5. The van der Waals surface area contributed by atoms with E-state index in [-0.39, 0.29) is 15.9 Å². The van der Waals surface area contributed by atoms with Gasteiger partial charge < -0.3 is 15.4 Å². The number of carbonyl (C=O) groups is 2. The Hall–Kier alpha value is -0.850. The molecule has 0 aromatic carbocycles. The molecule has 8 heteroatoms. The summed E-state index contributed by atoms with van der Waals surface area (Å²) in [5.41, 5.74) is -1.05. The molecule has 1 aromatic heterocycles. The van der Waals surface area contributed by atoms with Crippen molar-refractivity contribution in [3.63, 3.8) is 0 Å². The van der Waals surface area contributed by atoms with Crippen LogP contribution in [-0.4, -0.2) is 39.0 Å². The second kappa shape index (κ2) is 5.03. The summed E-state index contributed by atoms with van der Waals surface area (Å²) in [7, 11) is 0. The molecule has 1 atom stereocenters. The van der Waals surface area contributed by atoms with Crippen molar-refractivity contribution in [2.75, 3.05) is 11.5 Å². The van der Waals surface area contributed by atoms with Crippen LogP contribution in [0.1, 0.15) is 16.9 Å². The molecular formula is C10H10Cl2N2O3S. The topological polar surface area (TPSA) is 82.2 Å². The molecule has 1 fully saturated rings. The zero-order valence-corrected chi connectivity index (χ0v) is 11.5. The summed E-state index contributed by atoms with van der Waals surface area (Å²) in [5.74, 6) is -0.479.